The third-order valence-corrected chi connectivity index (χ3v) is 5.89. The number of rotatable bonds is 14. The summed E-state index contributed by atoms with van der Waals surface area (Å²) in [5.41, 5.74) is 2.12. The normalized spacial score (nSPS) is 12.5. The Morgan fingerprint density at radius 3 is 1.63 bits per heavy atom. The number of carbonyl (C=O) groups is 4. The number of amides is 1. The van der Waals surface area contributed by atoms with Gasteiger partial charge in [-0.1, -0.05) is 73.8 Å². The van der Waals surface area contributed by atoms with Crippen molar-refractivity contribution in [2.24, 2.45) is 0 Å². The van der Waals surface area contributed by atoms with Crippen LogP contribution >= 0.6 is 0 Å². The second kappa shape index (κ2) is 13.9. The Labute approximate surface area is 223 Å². The lowest BCUT2D eigenvalue weighted by molar-refractivity contribution is -0.950. The molecular formula is C29H35N2O7+. The summed E-state index contributed by atoms with van der Waals surface area (Å²) in [5, 5.41) is 12.2. The van der Waals surface area contributed by atoms with E-state index in [0.29, 0.717) is 13.1 Å². The molecule has 0 spiro atoms. The van der Waals surface area contributed by atoms with Crippen LogP contribution in [0.4, 0.5) is 0 Å². The van der Waals surface area contributed by atoms with Crippen LogP contribution in [-0.4, -0.2) is 65.7 Å². The first-order valence-electron chi connectivity index (χ1n) is 12.0. The highest BCUT2D eigenvalue weighted by Gasteiger charge is 2.41. The molecule has 2 aromatic rings. The van der Waals surface area contributed by atoms with Crippen LogP contribution in [0.5, 0.6) is 0 Å². The highest BCUT2D eigenvalue weighted by Crippen LogP contribution is 2.23. The SMILES string of the molecule is C=C(C)C(=O)OC[C@H](NC(=O)[C@H](COC(=O)C(=C)C)[N+](C)(Cc1ccccc1)Cc1ccccc1)C(=O)O. The fourth-order valence-electron chi connectivity index (χ4n) is 3.82. The molecule has 1 amide bonds. The maximum Gasteiger partial charge on any atom is 0.333 e. The van der Waals surface area contributed by atoms with Crippen LogP contribution in [0, 0.1) is 0 Å². The standard InChI is InChI=1S/C29H34N2O7/c1-20(2)28(35)37-18-24(27(33)34)30-26(32)25(19-38-29(36)21(3)4)31(5,16-22-12-8-6-9-13-22)17-23-14-10-7-11-15-23/h6-15,24-25H,1,3,16-19H2,2,4-5H3,(H-,30,32,33,34)/p+1/t24-,25-/m0/s1. The Balaban J connectivity index is 2.44. The average Bonchev–Trinajstić information content (AvgIpc) is 2.86. The molecule has 2 rings (SSSR count). The molecule has 0 saturated carbocycles. The van der Waals surface area contributed by atoms with Gasteiger partial charge in [0.1, 0.15) is 19.7 Å². The summed E-state index contributed by atoms with van der Waals surface area (Å²) in [7, 11) is 1.84. The van der Waals surface area contributed by atoms with E-state index in [9.17, 15) is 24.3 Å². The minimum atomic E-state index is -1.52. The molecule has 0 aliphatic rings. The van der Waals surface area contributed by atoms with Gasteiger partial charge in [-0.15, -0.1) is 0 Å². The number of nitrogens with zero attached hydrogens (tertiary/aromatic N) is 1. The van der Waals surface area contributed by atoms with Crippen molar-refractivity contribution in [1.29, 1.82) is 0 Å². The van der Waals surface area contributed by atoms with Gasteiger partial charge in [-0.05, 0) is 13.8 Å². The van der Waals surface area contributed by atoms with Crippen LogP contribution in [0.2, 0.25) is 0 Å². The van der Waals surface area contributed by atoms with E-state index in [-0.39, 0.29) is 22.2 Å². The maximum atomic E-state index is 13.7. The van der Waals surface area contributed by atoms with Crippen molar-refractivity contribution in [3.63, 3.8) is 0 Å². The summed E-state index contributed by atoms with van der Waals surface area (Å²) in [4.78, 5) is 49.6. The van der Waals surface area contributed by atoms with Gasteiger partial charge in [0.25, 0.3) is 5.91 Å². The van der Waals surface area contributed by atoms with E-state index >= 15 is 0 Å². The largest absolute Gasteiger partial charge is 0.480 e. The molecule has 0 bridgehead atoms. The molecule has 202 valence electrons. The number of nitrogens with one attached hydrogen (secondary N) is 1. The lowest BCUT2D eigenvalue weighted by atomic mass is 10.1. The number of esters is 2. The molecule has 2 aromatic carbocycles. The van der Waals surface area contributed by atoms with E-state index < -0.39 is 42.5 Å². The van der Waals surface area contributed by atoms with Crippen molar-refractivity contribution < 1.29 is 38.2 Å². The van der Waals surface area contributed by atoms with Gasteiger partial charge in [0.2, 0.25) is 6.04 Å². The van der Waals surface area contributed by atoms with Crippen molar-refractivity contribution >= 4 is 23.8 Å². The Bertz CT molecular complexity index is 1120. The number of benzene rings is 2. The zero-order valence-electron chi connectivity index (χ0n) is 22.0. The number of hydrogen-bond acceptors (Lipinski definition) is 6. The van der Waals surface area contributed by atoms with Crippen LogP contribution in [0.3, 0.4) is 0 Å². The van der Waals surface area contributed by atoms with E-state index in [0.717, 1.165) is 11.1 Å². The molecule has 0 saturated heterocycles. The minimum Gasteiger partial charge on any atom is -0.480 e. The van der Waals surface area contributed by atoms with Gasteiger partial charge < -0.3 is 24.4 Å². The third-order valence-electron chi connectivity index (χ3n) is 5.89. The van der Waals surface area contributed by atoms with Crippen molar-refractivity contribution in [2.75, 3.05) is 20.3 Å². The van der Waals surface area contributed by atoms with Gasteiger partial charge in [0.15, 0.2) is 12.6 Å². The van der Waals surface area contributed by atoms with Gasteiger partial charge in [-0.2, -0.15) is 0 Å². The monoisotopic (exact) mass is 523 g/mol. The molecule has 2 N–H and O–H groups in total. The molecular weight excluding hydrogens is 488 g/mol. The summed E-state index contributed by atoms with van der Waals surface area (Å²) in [6, 6.07) is 16.5. The van der Waals surface area contributed by atoms with Gasteiger partial charge in [-0.3, -0.25) is 4.79 Å². The first-order valence-corrected chi connectivity index (χ1v) is 12.0. The maximum absolute atomic E-state index is 13.7. The van der Waals surface area contributed by atoms with E-state index in [1.807, 2.05) is 67.7 Å². The Kier molecular flexibility index (Phi) is 11.0. The summed E-state index contributed by atoms with van der Waals surface area (Å²) >= 11 is 0. The highest BCUT2D eigenvalue weighted by atomic mass is 16.5. The molecule has 0 heterocycles. The second-order valence-electron chi connectivity index (χ2n) is 9.44. The number of carbonyl (C=O) groups excluding carboxylic acids is 3. The zero-order chi connectivity index (χ0) is 28.3. The number of ether oxygens (including phenoxy) is 2. The Morgan fingerprint density at radius 2 is 1.24 bits per heavy atom. The van der Waals surface area contributed by atoms with Crippen LogP contribution in [0.1, 0.15) is 25.0 Å². The topological polar surface area (TPSA) is 119 Å². The van der Waals surface area contributed by atoms with Gasteiger partial charge in [0.05, 0.1) is 7.05 Å². The number of carboxylic acids is 1. The van der Waals surface area contributed by atoms with E-state index in [4.69, 9.17) is 9.47 Å². The lowest BCUT2D eigenvalue weighted by Gasteiger charge is -2.41. The molecule has 0 fully saturated rings. The summed E-state index contributed by atoms with van der Waals surface area (Å²) in [5.74, 6) is -3.50. The number of likely N-dealkylation sites (N-methyl/N-ethyl adjacent to an activating group) is 1. The van der Waals surface area contributed by atoms with Crippen molar-refractivity contribution in [1.82, 2.24) is 5.32 Å². The third kappa shape index (κ3) is 9.01. The van der Waals surface area contributed by atoms with Crippen LogP contribution in [0.15, 0.2) is 85.0 Å². The average molecular weight is 524 g/mol. The number of hydrogen-bond donors (Lipinski definition) is 2. The van der Waals surface area contributed by atoms with E-state index in [1.165, 1.54) is 13.8 Å². The Morgan fingerprint density at radius 1 is 0.816 bits per heavy atom. The van der Waals surface area contributed by atoms with Crippen molar-refractivity contribution in [2.45, 2.75) is 39.0 Å². The van der Waals surface area contributed by atoms with Crippen molar-refractivity contribution in [3.05, 3.63) is 96.1 Å². The number of aliphatic carboxylic acids is 1. The molecule has 0 radical (unpaired) electrons. The second-order valence-corrected chi connectivity index (χ2v) is 9.44. The molecule has 38 heavy (non-hydrogen) atoms. The summed E-state index contributed by atoms with van der Waals surface area (Å²) < 4.78 is 10.5. The number of quaternary nitrogens is 1. The van der Waals surface area contributed by atoms with Crippen LogP contribution in [0.25, 0.3) is 0 Å². The molecule has 0 aliphatic carbocycles. The summed E-state index contributed by atoms with van der Waals surface area (Å²) in [6.45, 7) is 9.81. The molecule has 0 aromatic heterocycles. The van der Waals surface area contributed by atoms with Crippen molar-refractivity contribution in [3.8, 4) is 0 Å². The predicted molar refractivity (Wildman–Crippen MR) is 141 cm³/mol. The molecule has 2 atom stereocenters. The highest BCUT2D eigenvalue weighted by molar-refractivity contribution is 5.89. The smallest absolute Gasteiger partial charge is 0.333 e. The quantitative estimate of drug-likeness (QED) is 0.222. The molecule has 0 unspecified atom stereocenters. The first-order chi connectivity index (χ1) is 17.9. The number of carboxylic acid groups (broad SMARTS) is 1. The zero-order valence-corrected chi connectivity index (χ0v) is 22.0. The Hall–Kier alpha value is -4.24. The molecule has 0 aliphatic heterocycles. The van der Waals surface area contributed by atoms with Gasteiger partial charge in [-0.25, -0.2) is 14.4 Å². The summed E-state index contributed by atoms with van der Waals surface area (Å²) in [6.07, 6.45) is 0. The first kappa shape index (κ1) is 30.0. The molecule has 9 nitrogen and oxygen atoms in total. The fraction of sp³-hybridized carbons (Fsp3) is 0.310. The van der Waals surface area contributed by atoms with E-state index in [2.05, 4.69) is 18.5 Å². The predicted octanol–water partition coefficient (Wildman–Crippen LogP) is 3.01. The molecule has 9 heteroatoms. The fourth-order valence-corrected chi connectivity index (χ4v) is 3.82. The van der Waals surface area contributed by atoms with Crippen LogP contribution in [-0.2, 0) is 41.7 Å². The van der Waals surface area contributed by atoms with E-state index in [1.54, 1.807) is 0 Å². The van der Waals surface area contributed by atoms with Crippen LogP contribution < -0.4 is 5.32 Å². The van der Waals surface area contributed by atoms with Gasteiger partial charge >= 0.3 is 17.9 Å². The minimum absolute atomic E-state index is 0.0568. The lowest BCUT2D eigenvalue weighted by Crippen LogP contribution is -2.62. The van der Waals surface area contributed by atoms with Gasteiger partial charge in [0, 0.05) is 22.3 Å².